The first-order chi connectivity index (χ1) is 5.26. The van der Waals surface area contributed by atoms with Gasteiger partial charge in [-0.25, -0.2) is 15.0 Å². The lowest BCUT2D eigenvalue weighted by Crippen LogP contribution is -2.03. The molecule has 1 rings (SSSR count). The highest BCUT2D eigenvalue weighted by atomic mass is 35.5. The Morgan fingerprint density at radius 1 is 1.00 bits per heavy atom. The summed E-state index contributed by atoms with van der Waals surface area (Å²) in [6.45, 7) is -0.621. The van der Waals surface area contributed by atoms with Crippen molar-refractivity contribution in [1.29, 1.82) is 0 Å². The van der Waals surface area contributed by atoms with E-state index in [0.29, 0.717) is 0 Å². The average Bonchev–Trinajstić information content (AvgIpc) is 2.03. The maximum Gasteiger partial charge on any atom is 0.226 e. The summed E-state index contributed by atoms with van der Waals surface area (Å²) in [5.41, 5.74) is 0. The van der Waals surface area contributed by atoms with Crippen molar-refractivity contribution in [2.75, 3.05) is 0 Å². The first-order valence-corrected chi connectivity index (χ1v) is 3.25. The van der Waals surface area contributed by atoms with E-state index >= 15 is 0 Å². The predicted molar refractivity (Wildman–Crippen MR) is 36.7 cm³/mol. The number of halogens is 1. The molecule has 11 heavy (non-hydrogen) atoms. The van der Waals surface area contributed by atoms with Crippen LogP contribution in [0.2, 0.25) is 5.28 Å². The van der Waals surface area contributed by atoms with Crippen molar-refractivity contribution in [3.8, 4) is 0 Å². The number of rotatable bonds is 2. The molecule has 0 fully saturated rings. The molecule has 1 aromatic rings. The van der Waals surface area contributed by atoms with Gasteiger partial charge >= 0.3 is 0 Å². The van der Waals surface area contributed by atoms with Gasteiger partial charge in [-0.05, 0) is 11.6 Å². The molecule has 0 atom stereocenters. The van der Waals surface area contributed by atoms with Gasteiger partial charge in [-0.3, -0.25) is 0 Å². The van der Waals surface area contributed by atoms with Crippen molar-refractivity contribution in [2.24, 2.45) is 0 Å². The number of hydrogen-bond donors (Lipinski definition) is 2. The molecular formula is C5H6ClN3O2. The third kappa shape index (κ3) is 2.07. The summed E-state index contributed by atoms with van der Waals surface area (Å²) < 4.78 is 0. The number of nitrogens with zero attached hydrogens (tertiary/aromatic N) is 3. The summed E-state index contributed by atoms with van der Waals surface area (Å²) >= 11 is 5.42. The van der Waals surface area contributed by atoms with E-state index in [4.69, 9.17) is 21.8 Å². The SMILES string of the molecule is OCc1nc(Cl)nc(CO)n1. The van der Waals surface area contributed by atoms with E-state index in [9.17, 15) is 0 Å². The Hall–Kier alpha value is -0.780. The fraction of sp³-hybridized carbons (Fsp3) is 0.400. The number of aliphatic hydroxyl groups excluding tert-OH is 2. The van der Waals surface area contributed by atoms with Crippen LogP contribution >= 0.6 is 11.6 Å². The average molecular weight is 176 g/mol. The molecule has 0 aliphatic rings. The second-order valence-electron chi connectivity index (χ2n) is 1.75. The van der Waals surface area contributed by atoms with E-state index in [1.54, 1.807) is 0 Å². The molecule has 0 saturated carbocycles. The molecule has 60 valence electrons. The van der Waals surface area contributed by atoms with Crippen molar-refractivity contribution in [1.82, 2.24) is 15.0 Å². The van der Waals surface area contributed by atoms with Crippen LogP contribution in [0.3, 0.4) is 0 Å². The van der Waals surface area contributed by atoms with Gasteiger partial charge in [0.05, 0.1) is 0 Å². The van der Waals surface area contributed by atoms with E-state index < -0.39 is 0 Å². The van der Waals surface area contributed by atoms with E-state index in [1.165, 1.54) is 0 Å². The number of aromatic nitrogens is 3. The lowest BCUT2D eigenvalue weighted by Gasteiger charge is -1.97. The first kappa shape index (κ1) is 8.32. The largest absolute Gasteiger partial charge is 0.388 e. The van der Waals surface area contributed by atoms with Crippen LogP contribution in [0, 0.1) is 0 Å². The second kappa shape index (κ2) is 3.56. The molecule has 0 bridgehead atoms. The summed E-state index contributed by atoms with van der Waals surface area (Å²) in [4.78, 5) is 10.8. The quantitative estimate of drug-likeness (QED) is 0.634. The maximum atomic E-state index is 8.59. The van der Waals surface area contributed by atoms with Gasteiger partial charge in [0.1, 0.15) is 13.2 Å². The molecule has 0 amide bonds. The van der Waals surface area contributed by atoms with Gasteiger partial charge in [0.15, 0.2) is 11.6 Å². The molecule has 0 aliphatic carbocycles. The van der Waals surface area contributed by atoms with Crippen molar-refractivity contribution in [2.45, 2.75) is 13.2 Å². The van der Waals surface area contributed by atoms with Gasteiger partial charge in [-0.1, -0.05) is 0 Å². The van der Waals surface area contributed by atoms with Crippen LogP contribution in [0.4, 0.5) is 0 Å². The Labute approximate surface area is 67.7 Å². The molecular weight excluding hydrogens is 170 g/mol. The zero-order chi connectivity index (χ0) is 8.27. The molecule has 2 N–H and O–H groups in total. The lowest BCUT2D eigenvalue weighted by molar-refractivity contribution is 0.257. The van der Waals surface area contributed by atoms with E-state index in [1.807, 2.05) is 0 Å². The summed E-state index contributed by atoms with van der Waals surface area (Å²) in [5, 5.41) is 17.2. The van der Waals surface area contributed by atoms with Gasteiger partial charge in [-0.2, -0.15) is 0 Å². The minimum absolute atomic E-state index is 0.0203. The summed E-state index contributed by atoms with van der Waals surface area (Å²) in [5.74, 6) is 0.322. The van der Waals surface area contributed by atoms with Crippen molar-refractivity contribution in [3.05, 3.63) is 16.9 Å². The minimum Gasteiger partial charge on any atom is -0.388 e. The first-order valence-electron chi connectivity index (χ1n) is 2.87. The Kier molecular flexibility index (Phi) is 2.70. The Balaban J connectivity index is 3.02. The summed E-state index contributed by atoms with van der Waals surface area (Å²) in [7, 11) is 0. The highest BCUT2D eigenvalue weighted by Gasteiger charge is 2.01. The van der Waals surface area contributed by atoms with E-state index in [2.05, 4.69) is 15.0 Å². The van der Waals surface area contributed by atoms with Crippen molar-refractivity contribution < 1.29 is 10.2 Å². The highest BCUT2D eigenvalue weighted by Crippen LogP contribution is 2.01. The minimum atomic E-state index is -0.310. The number of hydrogen-bond acceptors (Lipinski definition) is 5. The van der Waals surface area contributed by atoms with Crippen LogP contribution in [-0.2, 0) is 13.2 Å². The normalized spacial score (nSPS) is 10.1. The van der Waals surface area contributed by atoms with Crippen molar-refractivity contribution >= 4 is 11.6 Å². The second-order valence-corrected chi connectivity index (χ2v) is 2.09. The highest BCUT2D eigenvalue weighted by molar-refractivity contribution is 6.28. The molecule has 5 nitrogen and oxygen atoms in total. The van der Waals surface area contributed by atoms with Crippen LogP contribution in [0.15, 0.2) is 0 Å². The molecule has 0 radical (unpaired) electrons. The fourth-order valence-electron chi connectivity index (χ4n) is 0.578. The van der Waals surface area contributed by atoms with Crippen molar-refractivity contribution in [3.63, 3.8) is 0 Å². The van der Waals surface area contributed by atoms with Gasteiger partial charge < -0.3 is 10.2 Å². The third-order valence-corrected chi connectivity index (χ3v) is 1.15. The molecule has 1 aromatic heterocycles. The standard InChI is InChI=1S/C5H6ClN3O2/c6-5-8-3(1-10)7-4(2-11)9-5/h10-11H,1-2H2. The molecule has 6 heteroatoms. The van der Waals surface area contributed by atoms with Crippen LogP contribution in [-0.4, -0.2) is 25.2 Å². The van der Waals surface area contributed by atoms with Gasteiger partial charge in [0.25, 0.3) is 0 Å². The zero-order valence-corrected chi connectivity index (χ0v) is 6.28. The van der Waals surface area contributed by atoms with Crippen LogP contribution in [0.25, 0.3) is 0 Å². The lowest BCUT2D eigenvalue weighted by atomic mass is 10.6. The Morgan fingerprint density at radius 3 is 1.82 bits per heavy atom. The monoisotopic (exact) mass is 175 g/mol. The van der Waals surface area contributed by atoms with Gasteiger partial charge in [0.2, 0.25) is 5.28 Å². The molecule has 0 aliphatic heterocycles. The molecule has 0 saturated heterocycles. The van der Waals surface area contributed by atoms with Crippen LogP contribution < -0.4 is 0 Å². The Bertz CT molecular complexity index is 233. The summed E-state index contributed by atoms with van der Waals surface area (Å²) in [6, 6.07) is 0. The third-order valence-electron chi connectivity index (χ3n) is 0.984. The topological polar surface area (TPSA) is 79.1 Å². The zero-order valence-electron chi connectivity index (χ0n) is 5.53. The van der Waals surface area contributed by atoms with Gasteiger partial charge in [-0.15, -0.1) is 0 Å². The van der Waals surface area contributed by atoms with E-state index in [0.717, 1.165) is 0 Å². The maximum absolute atomic E-state index is 8.59. The van der Waals surface area contributed by atoms with Gasteiger partial charge in [0, 0.05) is 0 Å². The summed E-state index contributed by atoms with van der Waals surface area (Å²) in [6.07, 6.45) is 0. The Morgan fingerprint density at radius 2 is 1.45 bits per heavy atom. The molecule has 0 aromatic carbocycles. The molecule has 0 spiro atoms. The fourth-order valence-corrected chi connectivity index (χ4v) is 0.774. The van der Waals surface area contributed by atoms with Crippen LogP contribution in [0.5, 0.6) is 0 Å². The molecule has 0 unspecified atom stereocenters. The predicted octanol–water partition coefficient (Wildman–Crippen LogP) is -0.490. The molecule has 1 heterocycles. The number of aliphatic hydroxyl groups is 2. The smallest absolute Gasteiger partial charge is 0.226 e. The van der Waals surface area contributed by atoms with Crippen LogP contribution in [0.1, 0.15) is 11.6 Å². The van der Waals surface area contributed by atoms with E-state index in [-0.39, 0.29) is 30.1 Å².